The topological polar surface area (TPSA) is 138 Å². The van der Waals surface area contributed by atoms with Gasteiger partial charge in [-0.1, -0.05) is 58.9 Å². The second-order valence-corrected chi connectivity index (χ2v) is 14.6. The van der Waals surface area contributed by atoms with Crippen molar-refractivity contribution in [2.45, 2.75) is 98.3 Å². The van der Waals surface area contributed by atoms with Crippen molar-refractivity contribution in [3.8, 4) is 5.88 Å². The molecule has 0 bridgehead atoms. The molecule has 0 saturated heterocycles. The molecule has 5 rings (SSSR count). The Balaban J connectivity index is 1.49. The van der Waals surface area contributed by atoms with Gasteiger partial charge in [-0.25, -0.2) is 4.98 Å². The summed E-state index contributed by atoms with van der Waals surface area (Å²) in [7, 11) is 1.58. The molecular formula is C34H46N8O3. The number of aliphatic imine (C=N–C) groups is 1. The monoisotopic (exact) mass is 614 g/mol. The third-order valence-electron chi connectivity index (χ3n) is 9.25. The van der Waals surface area contributed by atoms with E-state index in [1.54, 1.807) is 19.4 Å². The molecule has 3 heterocycles. The number of rotatable bonds is 9. The second kappa shape index (κ2) is 12.7. The van der Waals surface area contributed by atoms with Crippen molar-refractivity contribution < 1.29 is 14.3 Å². The van der Waals surface area contributed by atoms with Crippen LogP contribution in [0.4, 0.5) is 0 Å². The number of tetrazole rings is 1. The first-order valence-corrected chi connectivity index (χ1v) is 15.8. The molecule has 240 valence electrons. The number of methoxy groups -OCH3 is 1. The molecule has 1 aliphatic heterocycles. The Bertz CT molecular complexity index is 1490. The molecule has 1 saturated carbocycles. The standard InChI is InChI=1S/C34H46N8O3/c1-32(2,3)17-16-26(22-8-10-23(11-9-22)30(43)36-21-27-38-40-41-39-27)42-31(44)29(24-12-13-28(45-7)35-20-24)37-34(42)18-14-25(15-19-34)33(4,5)6/h8-13,20,25-26H,14-19,21H2,1-7H3,(H,36,43)(H,38,39,40,41)/t25?,26-,34?/m1/s1. The molecule has 0 unspecified atom stereocenters. The number of nitrogens with zero attached hydrogens (tertiary/aromatic N) is 6. The van der Waals surface area contributed by atoms with Gasteiger partial charge in [0.05, 0.1) is 19.7 Å². The Labute approximate surface area is 265 Å². The van der Waals surface area contributed by atoms with Crippen LogP contribution in [0.25, 0.3) is 0 Å². The van der Waals surface area contributed by atoms with Crippen LogP contribution in [0.15, 0.2) is 47.6 Å². The molecule has 1 aliphatic carbocycles. The van der Waals surface area contributed by atoms with Gasteiger partial charge in [-0.15, -0.1) is 10.2 Å². The van der Waals surface area contributed by atoms with Gasteiger partial charge >= 0.3 is 0 Å². The van der Waals surface area contributed by atoms with Gasteiger partial charge in [-0.05, 0) is 79.0 Å². The number of aromatic amines is 1. The zero-order chi connectivity index (χ0) is 32.4. The van der Waals surface area contributed by atoms with Gasteiger partial charge in [0.1, 0.15) is 11.4 Å². The molecule has 2 amide bonds. The Morgan fingerprint density at radius 3 is 2.36 bits per heavy atom. The van der Waals surface area contributed by atoms with Gasteiger partial charge < -0.3 is 15.0 Å². The van der Waals surface area contributed by atoms with Crippen LogP contribution in [0.3, 0.4) is 0 Å². The number of hydrogen-bond acceptors (Lipinski definition) is 8. The highest BCUT2D eigenvalue weighted by Crippen LogP contribution is 2.50. The van der Waals surface area contributed by atoms with Crippen molar-refractivity contribution in [2.24, 2.45) is 21.7 Å². The van der Waals surface area contributed by atoms with E-state index >= 15 is 0 Å². The fourth-order valence-electron chi connectivity index (χ4n) is 6.56. The van der Waals surface area contributed by atoms with Crippen molar-refractivity contribution in [1.29, 1.82) is 0 Å². The minimum Gasteiger partial charge on any atom is -0.481 e. The number of hydrogen-bond donors (Lipinski definition) is 2. The number of amides is 2. The summed E-state index contributed by atoms with van der Waals surface area (Å²) < 4.78 is 5.27. The SMILES string of the molecule is COc1ccc(C2=NC3(CCC(C(C)(C)C)CC3)N([C@H](CCC(C)(C)C)c3ccc(C(=O)NCc4nn[nH]n4)cc3)C2=O)cn1. The summed E-state index contributed by atoms with van der Waals surface area (Å²) in [6, 6.07) is 11.0. The summed E-state index contributed by atoms with van der Waals surface area (Å²) in [4.78, 5) is 39.2. The molecular weight excluding hydrogens is 568 g/mol. The van der Waals surface area contributed by atoms with Crippen molar-refractivity contribution in [1.82, 2.24) is 35.8 Å². The number of benzene rings is 1. The van der Waals surface area contributed by atoms with Gasteiger partial charge in [0.2, 0.25) is 5.88 Å². The summed E-state index contributed by atoms with van der Waals surface area (Å²) in [6.45, 7) is 13.8. The predicted molar refractivity (Wildman–Crippen MR) is 172 cm³/mol. The van der Waals surface area contributed by atoms with E-state index in [-0.39, 0.29) is 35.2 Å². The van der Waals surface area contributed by atoms with Gasteiger partial charge in [0, 0.05) is 23.4 Å². The largest absolute Gasteiger partial charge is 0.481 e. The van der Waals surface area contributed by atoms with Crippen molar-refractivity contribution in [2.75, 3.05) is 7.11 Å². The maximum atomic E-state index is 14.6. The van der Waals surface area contributed by atoms with Crippen molar-refractivity contribution in [3.63, 3.8) is 0 Å². The summed E-state index contributed by atoms with van der Waals surface area (Å²) in [5.74, 6) is 1.15. The van der Waals surface area contributed by atoms with Gasteiger partial charge in [0.15, 0.2) is 5.82 Å². The first-order chi connectivity index (χ1) is 21.3. The fraction of sp³-hybridized carbons (Fsp3) is 0.559. The zero-order valence-electron chi connectivity index (χ0n) is 27.6. The summed E-state index contributed by atoms with van der Waals surface area (Å²) in [5.41, 5.74) is 2.28. The summed E-state index contributed by atoms with van der Waals surface area (Å²) >= 11 is 0. The van der Waals surface area contributed by atoms with Crippen LogP contribution in [0.1, 0.15) is 113 Å². The van der Waals surface area contributed by atoms with Crippen molar-refractivity contribution >= 4 is 17.5 Å². The smallest absolute Gasteiger partial charge is 0.275 e. The highest BCUT2D eigenvalue weighted by atomic mass is 16.5. The van der Waals surface area contributed by atoms with Gasteiger partial charge in [-0.2, -0.15) is 5.21 Å². The van der Waals surface area contributed by atoms with E-state index in [0.717, 1.165) is 44.1 Å². The molecule has 11 heteroatoms. The van der Waals surface area contributed by atoms with E-state index in [9.17, 15) is 9.59 Å². The number of carbonyl (C=O) groups excluding carboxylic acids is 2. The lowest BCUT2D eigenvalue weighted by atomic mass is 9.69. The fourth-order valence-corrected chi connectivity index (χ4v) is 6.56. The average molecular weight is 615 g/mol. The van der Waals surface area contributed by atoms with Gasteiger partial charge in [0.25, 0.3) is 11.8 Å². The van der Waals surface area contributed by atoms with Crippen LogP contribution in [-0.2, 0) is 11.3 Å². The van der Waals surface area contributed by atoms with Crippen LogP contribution in [0, 0.1) is 16.7 Å². The summed E-state index contributed by atoms with van der Waals surface area (Å²) in [6.07, 6.45) is 6.96. The molecule has 2 aliphatic rings. The third-order valence-corrected chi connectivity index (χ3v) is 9.25. The van der Waals surface area contributed by atoms with Crippen LogP contribution >= 0.6 is 0 Å². The Morgan fingerprint density at radius 2 is 1.80 bits per heavy atom. The minimum absolute atomic E-state index is 0.0661. The van der Waals surface area contributed by atoms with Crippen LogP contribution in [0.5, 0.6) is 5.88 Å². The lowest BCUT2D eigenvalue weighted by Crippen LogP contribution is -2.51. The first kappa shape index (κ1) is 32.2. The quantitative estimate of drug-likeness (QED) is 0.317. The Kier molecular flexibility index (Phi) is 9.09. The lowest BCUT2D eigenvalue weighted by Gasteiger charge is -2.47. The van der Waals surface area contributed by atoms with E-state index in [2.05, 4.69) is 77.4 Å². The molecule has 1 aromatic carbocycles. The van der Waals surface area contributed by atoms with E-state index < -0.39 is 5.66 Å². The molecule has 0 radical (unpaired) electrons. The maximum absolute atomic E-state index is 14.6. The van der Waals surface area contributed by atoms with Gasteiger partial charge in [-0.3, -0.25) is 14.6 Å². The third kappa shape index (κ3) is 7.23. The Morgan fingerprint density at radius 1 is 1.09 bits per heavy atom. The number of H-pyrrole nitrogens is 1. The van der Waals surface area contributed by atoms with E-state index in [1.165, 1.54) is 0 Å². The molecule has 3 aromatic rings. The van der Waals surface area contributed by atoms with Crippen LogP contribution < -0.4 is 10.1 Å². The number of ether oxygens (including phenoxy) is 1. The number of nitrogens with one attached hydrogen (secondary N) is 2. The first-order valence-electron chi connectivity index (χ1n) is 15.8. The number of aromatic nitrogens is 5. The number of pyridine rings is 1. The molecule has 2 N–H and O–H groups in total. The van der Waals surface area contributed by atoms with Crippen LogP contribution in [-0.4, -0.2) is 60.8 Å². The summed E-state index contributed by atoms with van der Waals surface area (Å²) in [5, 5.41) is 16.5. The second-order valence-electron chi connectivity index (χ2n) is 14.6. The molecule has 1 atom stereocenters. The Hall–Kier alpha value is -4.15. The van der Waals surface area contributed by atoms with E-state index in [4.69, 9.17) is 9.73 Å². The molecule has 1 fully saturated rings. The highest BCUT2D eigenvalue weighted by Gasteiger charge is 2.52. The number of carbonyl (C=O) groups is 2. The van der Waals surface area contributed by atoms with E-state index in [1.807, 2.05) is 30.3 Å². The zero-order valence-corrected chi connectivity index (χ0v) is 27.6. The molecule has 1 spiro atoms. The van der Waals surface area contributed by atoms with Crippen molar-refractivity contribution in [3.05, 3.63) is 65.1 Å². The molecule has 11 nitrogen and oxygen atoms in total. The highest BCUT2D eigenvalue weighted by molar-refractivity contribution is 6.46. The molecule has 2 aromatic heterocycles. The lowest BCUT2D eigenvalue weighted by molar-refractivity contribution is -0.134. The minimum atomic E-state index is -0.642. The molecule has 45 heavy (non-hydrogen) atoms. The average Bonchev–Trinajstić information content (AvgIpc) is 3.62. The van der Waals surface area contributed by atoms with Crippen LogP contribution in [0.2, 0.25) is 0 Å². The predicted octanol–water partition coefficient (Wildman–Crippen LogP) is 5.66. The van der Waals surface area contributed by atoms with E-state index in [0.29, 0.717) is 34.5 Å². The maximum Gasteiger partial charge on any atom is 0.275 e. The normalized spacial score (nSPS) is 21.1.